The van der Waals surface area contributed by atoms with Crippen molar-refractivity contribution in [1.82, 2.24) is 13.1 Å². The van der Waals surface area contributed by atoms with E-state index in [-0.39, 0.29) is 50.2 Å². The van der Waals surface area contributed by atoms with Crippen molar-refractivity contribution in [3.05, 3.63) is 288 Å². The number of nitrogens with zero attached hydrogens (tertiary/aromatic N) is 6. The molecule has 0 aliphatic rings. The standard InChI is InChI=1S/C20H20FN5O2S.C20H18FN5OS.C16H13BrFN3O.C9H12N2O.C7H2BrF2N.C4H6N2S.H2O2/c1-11-7-18(29-26-11)25-15-10-16(14(21)9-13(15)19(22)27)24-17(20(23)28)8-12-5-3-2-4-6-12;1-12-7-19(28-26-12)25-16-10-17(15(21)9-14(16)11-22)24-18(20(23)27)8-13-5-3-2-4-6-13;17-12-8-14(13(18)7-11(12)9-19)21-15(16(20)22)6-10-4-2-1-3-5-10;10-8(9(11)12)6-7-4-2-1-3-5-7;8-5-2-7(10)6(9)1-4(5)3-11;1-3-2-4(5)7-6-3;1-2/h2-7,9-10,17,24-25H,8H2,1H3,(H2,22,27)(H2,23,28);2-7,9-10,18,24-25H,8H2,1H3,(H2,23,27);1-5,7-8,15,21H,6H2,(H2,20,22);1-5,8H,6,10H2,(H2,11,12);1-2H;2H,5H2,1H3;1-2H/t17-;18-;15-;8-;;;/m1111.../s1. The van der Waals surface area contributed by atoms with E-state index in [1.807, 2.05) is 166 Å². The van der Waals surface area contributed by atoms with Crippen LogP contribution in [-0.4, -0.2) is 77.3 Å². The highest BCUT2D eigenvalue weighted by atomic mass is 79.9. The van der Waals surface area contributed by atoms with Gasteiger partial charge in [-0.1, -0.05) is 121 Å². The van der Waals surface area contributed by atoms with Crippen molar-refractivity contribution in [2.24, 2.45) is 34.4 Å². The molecular formula is C76H73Br2F5N18O7S3. The van der Waals surface area contributed by atoms with Gasteiger partial charge in [0.25, 0.3) is 5.91 Å². The Kier molecular flexibility index (Phi) is 36.7. The maximum Gasteiger partial charge on any atom is 0.250 e. The normalized spacial score (nSPS) is 11.1. The average Bonchev–Trinajstić information content (AvgIpc) is 1.73. The van der Waals surface area contributed by atoms with Crippen LogP contribution in [0.25, 0.3) is 0 Å². The number of nitrogens with two attached hydrogens (primary N) is 7. The van der Waals surface area contributed by atoms with Gasteiger partial charge in [0.2, 0.25) is 23.6 Å². The highest BCUT2D eigenvalue weighted by Gasteiger charge is 2.24. The third-order valence-corrected chi connectivity index (χ3v) is 18.5. The number of carbonyl (C=O) groups is 5. The first-order valence-corrected chi connectivity index (χ1v) is 36.3. The number of nitrogen functional groups attached to an aromatic ring is 1. The molecule has 0 saturated heterocycles. The summed E-state index contributed by atoms with van der Waals surface area (Å²) < 4.78 is 80.9. The summed E-state index contributed by atoms with van der Waals surface area (Å²) in [6.07, 6.45) is 1.44. The minimum atomic E-state index is -1.01. The van der Waals surface area contributed by atoms with Crippen LogP contribution < -0.4 is 66.7 Å². The molecule has 3 heterocycles. The minimum absolute atomic E-state index is 0.0159. The van der Waals surface area contributed by atoms with Crippen molar-refractivity contribution in [3.63, 3.8) is 0 Å². The summed E-state index contributed by atoms with van der Waals surface area (Å²) >= 11 is 9.86. The average molecular weight is 1700 g/mol. The first-order valence-electron chi connectivity index (χ1n) is 32.4. The number of primary amides is 5. The molecule has 21 N–H and O–H groups in total. The number of hydrogen-bond donors (Lipinski definition) is 14. The predicted octanol–water partition coefficient (Wildman–Crippen LogP) is 13.3. The summed E-state index contributed by atoms with van der Waals surface area (Å²) in [7, 11) is 0. The summed E-state index contributed by atoms with van der Waals surface area (Å²) in [5.74, 6) is -6.98. The van der Waals surface area contributed by atoms with Gasteiger partial charge in [0.15, 0.2) is 11.6 Å². The quantitative estimate of drug-likeness (QED) is 0.0122. The molecule has 8 aromatic carbocycles. The molecule has 0 bridgehead atoms. The van der Waals surface area contributed by atoms with Crippen LogP contribution in [-0.2, 0) is 44.9 Å². The second kappa shape index (κ2) is 45.5. The Morgan fingerprint density at radius 1 is 0.423 bits per heavy atom. The third kappa shape index (κ3) is 30.0. The Labute approximate surface area is 663 Å². The van der Waals surface area contributed by atoms with Crippen LogP contribution in [0.2, 0.25) is 0 Å². The molecule has 0 fully saturated rings. The zero-order chi connectivity index (χ0) is 81.9. The summed E-state index contributed by atoms with van der Waals surface area (Å²) in [5.41, 5.74) is 45.3. The molecule has 0 aliphatic heterocycles. The molecule has 25 nitrogen and oxygen atoms in total. The minimum Gasteiger partial charge on any atom is -0.389 e. The number of carbonyl (C=O) groups excluding carboxylic acids is 5. The molecule has 0 radical (unpaired) electrons. The van der Waals surface area contributed by atoms with Crippen LogP contribution in [0, 0.1) is 83.9 Å². The first-order chi connectivity index (χ1) is 52.9. The fourth-order valence-electron chi connectivity index (χ4n) is 9.47. The van der Waals surface area contributed by atoms with Crippen molar-refractivity contribution >= 4 is 139 Å². The van der Waals surface area contributed by atoms with Gasteiger partial charge in [-0.15, -0.1) is 0 Å². The molecule has 0 unspecified atom stereocenters. The number of anilines is 8. The van der Waals surface area contributed by atoms with Gasteiger partial charge in [-0.3, -0.25) is 34.5 Å². The fourth-order valence-corrected chi connectivity index (χ4v) is 12.2. The molecule has 4 atom stereocenters. The number of aromatic nitrogens is 3. The Hall–Kier alpha value is -12.2. The molecular weight excluding hydrogens is 1630 g/mol. The molecule has 11 rings (SSSR count). The highest BCUT2D eigenvalue weighted by Crippen LogP contribution is 2.33. The molecule has 111 heavy (non-hydrogen) atoms. The number of rotatable bonds is 23. The number of halogens is 7. The zero-order valence-electron chi connectivity index (χ0n) is 59.1. The van der Waals surface area contributed by atoms with E-state index in [1.54, 1.807) is 12.1 Å². The largest absolute Gasteiger partial charge is 0.389 e. The van der Waals surface area contributed by atoms with Crippen molar-refractivity contribution in [1.29, 1.82) is 15.8 Å². The maximum atomic E-state index is 14.6. The van der Waals surface area contributed by atoms with E-state index in [4.69, 9.17) is 61.2 Å². The van der Waals surface area contributed by atoms with E-state index in [1.165, 1.54) is 52.8 Å². The second-order valence-corrected chi connectivity index (χ2v) is 27.5. The lowest BCUT2D eigenvalue weighted by molar-refractivity contribution is -0.176. The van der Waals surface area contributed by atoms with E-state index in [2.05, 4.69) is 71.6 Å². The third-order valence-electron chi connectivity index (χ3n) is 14.9. The number of nitrogens with one attached hydrogen (secondary N) is 5. The van der Waals surface area contributed by atoms with Gasteiger partial charge in [0, 0.05) is 28.2 Å². The van der Waals surface area contributed by atoms with Crippen molar-refractivity contribution < 1.29 is 56.4 Å². The Morgan fingerprint density at radius 2 is 0.748 bits per heavy atom. The summed E-state index contributed by atoms with van der Waals surface area (Å²) in [5, 5.41) is 55.3. The van der Waals surface area contributed by atoms with Crippen LogP contribution in [0.3, 0.4) is 0 Å². The molecule has 0 spiro atoms. The number of amides is 5. The van der Waals surface area contributed by atoms with Gasteiger partial charge in [0.1, 0.15) is 68.8 Å². The second-order valence-electron chi connectivity index (χ2n) is 23.4. The number of benzene rings is 8. The smallest absolute Gasteiger partial charge is 0.250 e. The van der Waals surface area contributed by atoms with Crippen LogP contribution >= 0.6 is 66.5 Å². The van der Waals surface area contributed by atoms with E-state index in [0.29, 0.717) is 40.1 Å². The van der Waals surface area contributed by atoms with Gasteiger partial charge in [-0.2, -0.15) is 28.9 Å². The van der Waals surface area contributed by atoms with Crippen molar-refractivity contribution in [3.8, 4) is 18.2 Å². The number of nitriles is 3. The first kappa shape index (κ1) is 89.4. The Morgan fingerprint density at radius 3 is 1.08 bits per heavy atom. The lowest BCUT2D eigenvalue weighted by atomic mass is 10.0. The molecule has 11 aromatic rings. The maximum absolute atomic E-state index is 14.6. The van der Waals surface area contributed by atoms with Crippen LogP contribution in [0.4, 0.5) is 65.4 Å². The predicted molar refractivity (Wildman–Crippen MR) is 428 cm³/mol. The SMILES string of the molecule is Cc1cc(N)sn1.Cc1cc(Nc2cc(N[C@H](Cc3ccccc3)C(N)=O)c(F)cc2C#N)sn1.Cc1cc(Nc2cc(N[C@H](Cc3ccccc3)C(N)=O)c(F)cc2C(N)=O)sn1.N#Cc1cc(F)c(F)cc1Br.N#Cc1cc(F)c(N[C@H](Cc2ccccc2)C(N)=O)cc1Br.NC(=O)[C@H](N)Cc1ccccc1.OO. The monoisotopic (exact) mass is 1700 g/mol. The Balaban J connectivity index is 0.000000250. The number of aryl methyl sites for hydroxylation is 3. The lowest BCUT2D eigenvalue weighted by Gasteiger charge is -2.19. The zero-order valence-corrected chi connectivity index (χ0v) is 64.7. The highest BCUT2D eigenvalue weighted by molar-refractivity contribution is 9.10. The lowest BCUT2D eigenvalue weighted by Crippen LogP contribution is -2.38. The van der Waals surface area contributed by atoms with Crippen LogP contribution in [0.15, 0.2) is 197 Å². The van der Waals surface area contributed by atoms with Gasteiger partial charge < -0.3 is 66.7 Å². The van der Waals surface area contributed by atoms with Crippen LogP contribution in [0.1, 0.15) is 66.4 Å². The van der Waals surface area contributed by atoms with Gasteiger partial charge in [-0.25, -0.2) is 22.0 Å². The molecule has 0 aliphatic carbocycles. The summed E-state index contributed by atoms with van der Waals surface area (Å²) in [6.45, 7) is 5.60. The van der Waals surface area contributed by atoms with Gasteiger partial charge >= 0.3 is 0 Å². The molecule has 35 heteroatoms. The number of hydrogen-bond acceptors (Lipinski definition) is 23. The topological polar surface area (TPSA) is 478 Å². The van der Waals surface area contributed by atoms with Crippen molar-refractivity contribution in [2.75, 3.05) is 32.3 Å². The molecule has 5 amide bonds. The fraction of sp³-hybridized carbons (Fsp3) is 0.145. The van der Waals surface area contributed by atoms with Gasteiger partial charge in [0.05, 0.1) is 73.8 Å². The van der Waals surface area contributed by atoms with Gasteiger partial charge in [-0.05, 0) is 183 Å². The molecule has 3 aromatic heterocycles. The molecule has 576 valence electrons. The van der Waals surface area contributed by atoms with Crippen molar-refractivity contribution in [2.45, 2.75) is 70.6 Å². The molecule has 0 saturated carbocycles. The van der Waals surface area contributed by atoms with E-state index >= 15 is 0 Å². The Bertz CT molecular complexity index is 5040. The van der Waals surface area contributed by atoms with E-state index < -0.39 is 82.8 Å². The summed E-state index contributed by atoms with van der Waals surface area (Å²) in [4.78, 5) is 57.8. The van der Waals surface area contributed by atoms with E-state index in [0.717, 1.165) is 79.7 Å². The van der Waals surface area contributed by atoms with E-state index in [9.17, 15) is 51.2 Å². The van der Waals surface area contributed by atoms with Crippen LogP contribution in [0.5, 0.6) is 0 Å². The summed E-state index contributed by atoms with van der Waals surface area (Å²) in [6, 6.07) is 54.8.